The van der Waals surface area contributed by atoms with Gasteiger partial charge in [-0.2, -0.15) is 0 Å². The lowest BCUT2D eigenvalue weighted by molar-refractivity contribution is -0.152. The summed E-state index contributed by atoms with van der Waals surface area (Å²) in [6.07, 6.45) is -0.313. The zero-order valence-corrected chi connectivity index (χ0v) is 9.81. The zero-order valence-electron chi connectivity index (χ0n) is 9.05. The van der Waals surface area contributed by atoms with Crippen molar-refractivity contribution in [2.45, 2.75) is 18.8 Å². The van der Waals surface area contributed by atoms with E-state index in [1.807, 2.05) is 0 Å². The summed E-state index contributed by atoms with van der Waals surface area (Å²) >= 11 is 5.75. The number of benzene rings is 1. The molecule has 5 heteroatoms. The summed E-state index contributed by atoms with van der Waals surface area (Å²) in [5, 5.41) is 20.4. The van der Waals surface area contributed by atoms with Crippen molar-refractivity contribution in [3.05, 3.63) is 46.5 Å². The molecule has 90 valence electrons. The van der Waals surface area contributed by atoms with Gasteiger partial charge in [-0.1, -0.05) is 23.7 Å². The van der Waals surface area contributed by atoms with Crippen molar-refractivity contribution in [3.63, 3.8) is 0 Å². The van der Waals surface area contributed by atoms with Gasteiger partial charge in [-0.15, -0.1) is 0 Å². The Morgan fingerprint density at radius 2 is 1.94 bits per heavy atom. The fourth-order valence-corrected chi connectivity index (χ4v) is 1.85. The second-order valence-corrected chi connectivity index (χ2v) is 4.40. The average molecular weight is 255 g/mol. The molecular formula is C12H11ClO4. The first kappa shape index (κ1) is 12.1. The Bertz CT molecular complexity index is 476. The van der Waals surface area contributed by atoms with Crippen LogP contribution in [-0.4, -0.2) is 22.5 Å². The number of halogens is 1. The summed E-state index contributed by atoms with van der Waals surface area (Å²) in [7, 11) is 0. The van der Waals surface area contributed by atoms with Gasteiger partial charge in [0.15, 0.2) is 0 Å². The van der Waals surface area contributed by atoms with E-state index in [2.05, 4.69) is 4.74 Å². The molecule has 1 aliphatic rings. The topological polar surface area (TPSA) is 66.8 Å². The zero-order chi connectivity index (χ0) is 12.6. The van der Waals surface area contributed by atoms with Crippen molar-refractivity contribution in [1.82, 2.24) is 0 Å². The maximum atomic E-state index is 11.0. The minimum Gasteiger partial charge on any atom is -0.429 e. The van der Waals surface area contributed by atoms with Gasteiger partial charge in [-0.25, -0.2) is 4.79 Å². The van der Waals surface area contributed by atoms with Gasteiger partial charge >= 0.3 is 5.97 Å². The third-order valence-electron chi connectivity index (χ3n) is 2.74. The number of esters is 1. The van der Waals surface area contributed by atoms with Gasteiger partial charge in [0.05, 0.1) is 0 Å². The number of cyclic esters (lactones) is 1. The SMILES string of the molecule is CC(O)(C1=CC(=O)OC1O)c1ccc(Cl)cc1. The largest absolute Gasteiger partial charge is 0.429 e. The van der Waals surface area contributed by atoms with E-state index in [9.17, 15) is 15.0 Å². The third kappa shape index (κ3) is 2.20. The van der Waals surface area contributed by atoms with Crippen LogP contribution in [0, 0.1) is 0 Å². The molecule has 2 rings (SSSR count). The standard InChI is InChI=1S/C12H11ClO4/c1-12(16,7-2-4-8(13)5-3-7)9-6-10(14)17-11(9)15/h2-6,11,15-16H,1H3. The van der Waals surface area contributed by atoms with Crippen molar-refractivity contribution in [2.75, 3.05) is 0 Å². The summed E-state index contributed by atoms with van der Waals surface area (Å²) in [4.78, 5) is 11.0. The molecule has 0 fully saturated rings. The van der Waals surface area contributed by atoms with Crippen LogP contribution in [0.1, 0.15) is 12.5 Å². The number of hydrogen-bond acceptors (Lipinski definition) is 4. The van der Waals surface area contributed by atoms with Gasteiger partial charge in [0.1, 0.15) is 5.60 Å². The van der Waals surface area contributed by atoms with Crippen LogP contribution in [0.5, 0.6) is 0 Å². The van der Waals surface area contributed by atoms with Gasteiger partial charge in [-0.05, 0) is 24.6 Å². The summed E-state index contributed by atoms with van der Waals surface area (Å²) in [6, 6.07) is 6.49. The monoisotopic (exact) mass is 254 g/mol. The predicted octanol–water partition coefficient (Wildman–Crippen LogP) is 1.35. The van der Waals surface area contributed by atoms with E-state index in [-0.39, 0.29) is 5.57 Å². The number of hydrogen-bond donors (Lipinski definition) is 2. The van der Waals surface area contributed by atoms with Gasteiger partial charge in [0.25, 0.3) is 0 Å². The number of carbonyl (C=O) groups excluding carboxylic acids is 1. The first-order valence-electron chi connectivity index (χ1n) is 5.00. The average Bonchev–Trinajstić information content (AvgIpc) is 2.59. The van der Waals surface area contributed by atoms with E-state index in [0.717, 1.165) is 6.08 Å². The molecule has 0 aromatic heterocycles. The predicted molar refractivity (Wildman–Crippen MR) is 61.2 cm³/mol. The number of aliphatic hydroxyl groups is 2. The Morgan fingerprint density at radius 1 is 1.35 bits per heavy atom. The third-order valence-corrected chi connectivity index (χ3v) is 2.99. The molecule has 0 amide bonds. The van der Waals surface area contributed by atoms with Gasteiger partial charge in [0, 0.05) is 16.7 Å². The van der Waals surface area contributed by atoms with Crippen molar-refractivity contribution in [3.8, 4) is 0 Å². The lowest BCUT2D eigenvalue weighted by atomic mass is 9.88. The molecular weight excluding hydrogens is 244 g/mol. The van der Waals surface area contributed by atoms with Crippen LogP contribution >= 0.6 is 11.6 Å². The number of rotatable bonds is 2. The van der Waals surface area contributed by atoms with Crippen molar-refractivity contribution < 1.29 is 19.7 Å². The molecule has 0 spiro atoms. The van der Waals surface area contributed by atoms with E-state index >= 15 is 0 Å². The highest BCUT2D eigenvalue weighted by Crippen LogP contribution is 2.34. The second-order valence-electron chi connectivity index (χ2n) is 3.97. The fourth-order valence-electron chi connectivity index (χ4n) is 1.73. The number of aliphatic hydroxyl groups excluding tert-OH is 1. The summed E-state index contributed by atoms with van der Waals surface area (Å²) in [5.41, 5.74) is -0.841. The molecule has 1 aromatic rings. The lowest BCUT2D eigenvalue weighted by Gasteiger charge is -2.26. The summed E-state index contributed by atoms with van der Waals surface area (Å²) in [5.74, 6) is -0.665. The normalized spacial score (nSPS) is 22.9. The smallest absolute Gasteiger partial charge is 0.333 e. The minimum atomic E-state index is -1.48. The molecule has 0 radical (unpaired) electrons. The quantitative estimate of drug-likeness (QED) is 0.782. The number of carbonyl (C=O) groups is 1. The Labute approximate surface area is 103 Å². The Balaban J connectivity index is 2.39. The van der Waals surface area contributed by atoms with Crippen LogP contribution in [0.3, 0.4) is 0 Å². The van der Waals surface area contributed by atoms with Crippen LogP contribution in [0.15, 0.2) is 35.9 Å². The second kappa shape index (κ2) is 4.14. The van der Waals surface area contributed by atoms with Crippen LogP contribution in [0.2, 0.25) is 5.02 Å². The molecule has 0 saturated heterocycles. The molecule has 1 aromatic carbocycles. The van der Waals surface area contributed by atoms with E-state index < -0.39 is 17.9 Å². The van der Waals surface area contributed by atoms with Crippen LogP contribution in [-0.2, 0) is 15.1 Å². The molecule has 1 aliphatic heterocycles. The van der Waals surface area contributed by atoms with Crippen molar-refractivity contribution in [1.29, 1.82) is 0 Å². The molecule has 2 atom stereocenters. The Hall–Kier alpha value is -1.36. The molecule has 0 saturated carbocycles. The molecule has 0 aliphatic carbocycles. The van der Waals surface area contributed by atoms with E-state index in [4.69, 9.17) is 11.6 Å². The first-order chi connectivity index (χ1) is 7.91. The van der Waals surface area contributed by atoms with E-state index in [0.29, 0.717) is 10.6 Å². The van der Waals surface area contributed by atoms with Crippen molar-refractivity contribution in [2.24, 2.45) is 0 Å². The van der Waals surface area contributed by atoms with Crippen LogP contribution in [0.25, 0.3) is 0 Å². The Morgan fingerprint density at radius 3 is 2.41 bits per heavy atom. The number of ether oxygens (including phenoxy) is 1. The molecule has 2 unspecified atom stereocenters. The van der Waals surface area contributed by atoms with E-state index in [1.165, 1.54) is 6.92 Å². The van der Waals surface area contributed by atoms with Gasteiger partial charge < -0.3 is 14.9 Å². The maximum absolute atomic E-state index is 11.0. The minimum absolute atomic E-state index is 0.116. The summed E-state index contributed by atoms with van der Waals surface area (Å²) < 4.78 is 4.54. The molecule has 2 N–H and O–H groups in total. The van der Waals surface area contributed by atoms with Gasteiger partial charge in [-0.3, -0.25) is 0 Å². The van der Waals surface area contributed by atoms with Crippen LogP contribution in [0.4, 0.5) is 0 Å². The molecule has 0 bridgehead atoms. The van der Waals surface area contributed by atoms with Crippen LogP contribution < -0.4 is 0 Å². The maximum Gasteiger partial charge on any atom is 0.333 e. The van der Waals surface area contributed by atoms with Crippen molar-refractivity contribution >= 4 is 17.6 Å². The highest BCUT2D eigenvalue weighted by atomic mass is 35.5. The fraction of sp³-hybridized carbons (Fsp3) is 0.250. The molecule has 4 nitrogen and oxygen atoms in total. The Kier molecular flexibility index (Phi) is 2.95. The summed E-state index contributed by atoms with van der Waals surface area (Å²) in [6.45, 7) is 1.48. The molecule has 17 heavy (non-hydrogen) atoms. The first-order valence-corrected chi connectivity index (χ1v) is 5.38. The van der Waals surface area contributed by atoms with E-state index in [1.54, 1.807) is 24.3 Å². The molecule has 1 heterocycles. The highest BCUT2D eigenvalue weighted by molar-refractivity contribution is 6.30. The van der Waals surface area contributed by atoms with Gasteiger partial charge in [0.2, 0.25) is 6.29 Å². The lowest BCUT2D eigenvalue weighted by Crippen LogP contribution is -2.30. The highest BCUT2D eigenvalue weighted by Gasteiger charge is 2.38.